The average Bonchev–Trinajstić information content (AvgIpc) is 2.38. The second kappa shape index (κ2) is 6.02. The highest BCUT2D eigenvalue weighted by Gasteiger charge is 2.10. The molecule has 0 atom stereocenters. The van der Waals surface area contributed by atoms with Gasteiger partial charge in [-0.2, -0.15) is 0 Å². The van der Waals surface area contributed by atoms with Gasteiger partial charge >= 0.3 is 0 Å². The van der Waals surface area contributed by atoms with Gasteiger partial charge in [-0.15, -0.1) is 0 Å². The van der Waals surface area contributed by atoms with Crippen LogP contribution in [0, 0.1) is 0 Å². The van der Waals surface area contributed by atoms with E-state index in [-0.39, 0.29) is 6.61 Å². The van der Waals surface area contributed by atoms with Gasteiger partial charge in [0.05, 0.1) is 6.61 Å². The van der Waals surface area contributed by atoms with Crippen LogP contribution in [0.25, 0.3) is 0 Å². The van der Waals surface area contributed by atoms with Gasteiger partial charge in [0.2, 0.25) is 0 Å². The molecule has 16 heavy (non-hydrogen) atoms. The van der Waals surface area contributed by atoms with Crippen molar-refractivity contribution in [3.63, 3.8) is 0 Å². The first-order valence-corrected chi connectivity index (χ1v) is 6.30. The van der Waals surface area contributed by atoms with E-state index in [4.69, 9.17) is 0 Å². The van der Waals surface area contributed by atoms with Gasteiger partial charge in [0, 0.05) is 6.54 Å². The zero-order chi connectivity index (χ0) is 11.2. The second-order valence-electron chi connectivity index (χ2n) is 4.58. The maximum absolute atomic E-state index is 9.24. The number of rotatable bonds is 4. The van der Waals surface area contributed by atoms with Crippen molar-refractivity contribution in [2.75, 3.05) is 19.6 Å². The summed E-state index contributed by atoms with van der Waals surface area (Å²) in [6, 6.07) is 8.21. The van der Waals surface area contributed by atoms with Gasteiger partial charge in [0.1, 0.15) is 0 Å². The zero-order valence-electron chi connectivity index (χ0n) is 9.86. The van der Waals surface area contributed by atoms with Crippen LogP contribution in [0.3, 0.4) is 0 Å². The summed E-state index contributed by atoms with van der Waals surface area (Å²) in [5.74, 6) is 0. The minimum atomic E-state index is 0.163. The Hall–Kier alpha value is -0.860. The highest BCUT2D eigenvalue weighted by atomic mass is 16.3. The monoisotopic (exact) mass is 219 g/mol. The fraction of sp³-hybridized carbons (Fsp3) is 0.571. The molecule has 0 bridgehead atoms. The summed E-state index contributed by atoms with van der Waals surface area (Å²) in [5.41, 5.74) is 2.38. The Morgan fingerprint density at radius 2 is 1.69 bits per heavy atom. The van der Waals surface area contributed by atoms with E-state index in [9.17, 15) is 5.11 Å². The van der Waals surface area contributed by atoms with Crippen LogP contribution in [0.2, 0.25) is 0 Å². The van der Waals surface area contributed by atoms with Crippen molar-refractivity contribution >= 4 is 0 Å². The number of hydrogen-bond acceptors (Lipinski definition) is 2. The van der Waals surface area contributed by atoms with Gasteiger partial charge in [-0.1, -0.05) is 30.7 Å². The molecule has 1 aromatic rings. The Morgan fingerprint density at radius 1 is 1.00 bits per heavy atom. The number of piperidine rings is 1. The van der Waals surface area contributed by atoms with Gasteiger partial charge < -0.3 is 10.0 Å². The normalized spacial score (nSPS) is 17.6. The maximum Gasteiger partial charge on any atom is 0.0684 e. The standard InChI is InChI=1S/C14H21NO/c16-12-14-7-3-2-6-13(14)8-11-15-9-4-1-5-10-15/h2-3,6-7,16H,1,4-5,8-12H2. The lowest BCUT2D eigenvalue weighted by atomic mass is 10.0. The van der Waals surface area contributed by atoms with Crippen molar-refractivity contribution in [1.82, 2.24) is 4.90 Å². The van der Waals surface area contributed by atoms with E-state index >= 15 is 0 Å². The van der Waals surface area contributed by atoms with Crippen LogP contribution in [-0.4, -0.2) is 29.6 Å². The van der Waals surface area contributed by atoms with Crippen molar-refractivity contribution in [2.45, 2.75) is 32.3 Å². The molecule has 1 fully saturated rings. The highest BCUT2D eigenvalue weighted by molar-refractivity contribution is 5.26. The van der Waals surface area contributed by atoms with Crippen molar-refractivity contribution in [3.05, 3.63) is 35.4 Å². The molecule has 0 aromatic heterocycles. The Morgan fingerprint density at radius 3 is 2.38 bits per heavy atom. The summed E-state index contributed by atoms with van der Waals surface area (Å²) in [7, 11) is 0. The van der Waals surface area contributed by atoms with E-state index in [1.54, 1.807) is 0 Å². The predicted octanol–water partition coefficient (Wildman–Crippen LogP) is 2.21. The molecule has 0 aliphatic carbocycles. The lowest BCUT2D eigenvalue weighted by Crippen LogP contribution is -2.31. The molecule has 1 N–H and O–H groups in total. The number of aliphatic hydroxyl groups excluding tert-OH is 1. The van der Waals surface area contributed by atoms with E-state index in [0.717, 1.165) is 18.5 Å². The fourth-order valence-electron chi connectivity index (χ4n) is 2.42. The summed E-state index contributed by atoms with van der Waals surface area (Å²) < 4.78 is 0. The third-order valence-electron chi connectivity index (χ3n) is 3.43. The summed E-state index contributed by atoms with van der Waals surface area (Å²) in [6.45, 7) is 3.80. The van der Waals surface area contributed by atoms with Crippen LogP contribution in [-0.2, 0) is 13.0 Å². The summed E-state index contributed by atoms with van der Waals surface area (Å²) in [6.07, 6.45) is 5.16. The highest BCUT2D eigenvalue weighted by Crippen LogP contribution is 2.13. The van der Waals surface area contributed by atoms with Crippen LogP contribution in [0.15, 0.2) is 24.3 Å². The number of hydrogen-bond donors (Lipinski definition) is 1. The predicted molar refractivity (Wildman–Crippen MR) is 66.4 cm³/mol. The van der Waals surface area contributed by atoms with Crippen LogP contribution in [0.4, 0.5) is 0 Å². The topological polar surface area (TPSA) is 23.5 Å². The molecule has 0 amide bonds. The number of aliphatic hydroxyl groups is 1. The van der Waals surface area contributed by atoms with Crippen molar-refractivity contribution < 1.29 is 5.11 Å². The molecule has 1 aliphatic heterocycles. The summed E-state index contributed by atoms with van der Waals surface area (Å²) in [4.78, 5) is 2.54. The van der Waals surface area contributed by atoms with E-state index < -0.39 is 0 Å². The van der Waals surface area contributed by atoms with Gasteiger partial charge in [0.25, 0.3) is 0 Å². The van der Waals surface area contributed by atoms with E-state index in [1.165, 1.54) is 37.9 Å². The summed E-state index contributed by atoms with van der Waals surface area (Å²) >= 11 is 0. The molecule has 1 heterocycles. The fourth-order valence-corrected chi connectivity index (χ4v) is 2.42. The molecular weight excluding hydrogens is 198 g/mol. The van der Waals surface area contributed by atoms with Gasteiger partial charge in [-0.25, -0.2) is 0 Å². The number of nitrogens with zero attached hydrogens (tertiary/aromatic N) is 1. The van der Waals surface area contributed by atoms with Crippen molar-refractivity contribution in [1.29, 1.82) is 0 Å². The average molecular weight is 219 g/mol. The van der Waals surface area contributed by atoms with E-state index in [2.05, 4.69) is 17.0 Å². The molecule has 2 nitrogen and oxygen atoms in total. The van der Waals surface area contributed by atoms with Crippen molar-refractivity contribution in [3.8, 4) is 0 Å². The van der Waals surface area contributed by atoms with Crippen LogP contribution >= 0.6 is 0 Å². The zero-order valence-corrected chi connectivity index (χ0v) is 9.86. The molecule has 0 saturated carbocycles. The minimum absolute atomic E-state index is 0.163. The van der Waals surface area contributed by atoms with Crippen LogP contribution < -0.4 is 0 Å². The molecule has 0 spiro atoms. The minimum Gasteiger partial charge on any atom is -0.392 e. The molecule has 2 heteroatoms. The largest absolute Gasteiger partial charge is 0.392 e. The lowest BCUT2D eigenvalue weighted by Gasteiger charge is -2.26. The SMILES string of the molecule is OCc1ccccc1CCN1CCCCC1. The quantitative estimate of drug-likeness (QED) is 0.839. The molecule has 1 aliphatic rings. The first-order chi connectivity index (χ1) is 7.90. The molecule has 1 aromatic carbocycles. The van der Waals surface area contributed by atoms with Gasteiger partial charge in [0.15, 0.2) is 0 Å². The molecule has 0 radical (unpaired) electrons. The van der Waals surface area contributed by atoms with Crippen LogP contribution in [0.1, 0.15) is 30.4 Å². The Labute approximate surface area is 97.9 Å². The van der Waals surface area contributed by atoms with Crippen molar-refractivity contribution in [2.24, 2.45) is 0 Å². The van der Waals surface area contributed by atoms with Crippen LogP contribution in [0.5, 0.6) is 0 Å². The molecule has 0 unspecified atom stereocenters. The first kappa shape index (κ1) is 11.6. The van der Waals surface area contributed by atoms with E-state index in [1.807, 2.05) is 12.1 Å². The first-order valence-electron chi connectivity index (χ1n) is 6.30. The Balaban J connectivity index is 1.88. The number of likely N-dealkylation sites (tertiary alicyclic amines) is 1. The molecule has 2 rings (SSSR count). The molecule has 1 saturated heterocycles. The third-order valence-corrected chi connectivity index (χ3v) is 3.43. The Bertz CT molecular complexity index is 318. The smallest absolute Gasteiger partial charge is 0.0684 e. The molecule has 88 valence electrons. The van der Waals surface area contributed by atoms with Gasteiger partial charge in [-0.3, -0.25) is 0 Å². The second-order valence-corrected chi connectivity index (χ2v) is 4.58. The van der Waals surface area contributed by atoms with E-state index in [0.29, 0.717) is 0 Å². The lowest BCUT2D eigenvalue weighted by molar-refractivity contribution is 0.230. The molecular formula is C14H21NO. The number of benzene rings is 1. The summed E-state index contributed by atoms with van der Waals surface area (Å²) in [5, 5.41) is 9.24. The maximum atomic E-state index is 9.24. The third kappa shape index (κ3) is 3.06. The van der Waals surface area contributed by atoms with Gasteiger partial charge in [-0.05, 0) is 43.5 Å². The Kier molecular flexibility index (Phi) is 4.37.